The van der Waals surface area contributed by atoms with E-state index in [9.17, 15) is 19.8 Å². The van der Waals surface area contributed by atoms with Crippen molar-refractivity contribution >= 4 is 29.5 Å². The van der Waals surface area contributed by atoms with Crippen molar-refractivity contribution in [1.29, 1.82) is 0 Å². The zero-order valence-electron chi connectivity index (χ0n) is 47.7. The molecule has 0 aromatic carbocycles. The van der Waals surface area contributed by atoms with Crippen molar-refractivity contribution in [3.05, 3.63) is 0 Å². The minimum absolute atomic E-state index is 0.0209. The summed E-state index contributed by atoms with van der Waals surface area (Å²) in [5, 5.41) is 26.7. The van der Waals surface area contributed by atoms with Crippen molar-refractivity contribution in [2.24, 2.45) is 46.6 Å². The maximum Gasteiger partial charge on any atom is 0.410 e. The van der Waals surface area contributed by atoms with E-state index in [0.29, 0.717) is 18.7 Å². The lowest BCUT2D eigenvalue weighted by molar-refractivity contribution is -0.305. The molecular formula is C53H93N3O18. The number of likely N-dealkylation sites (N-methyl/N-ethyl adjacent to an activating group) is 1. The number of amides is 1. The predicted octanol–water partition coefficient (Wildman–Crippen LogP) is 4.98. The van der Waals surface area contributed by atoms with Crippen LogP contribution in [-0.2, 0) is 71.3 Å². The number of hydrogen-bond donors (Lipinski definition) is 2. The van der Waals surface area contributed by atoms with Crippen molar-refractivity contribution in [3.63, 3.8) is 0 Å². The number of aliphatic hydroxyl groups is 2. The summed E-state index contributed by atoms with van der Waals surface area (Å²) in [6, 6.07) is 0.0236. The van der Waals surface area contributed by atoms with Gasteiger partial charge < -0.3 is 77.0 Å². The van der Waals surface area contributed by atoms with Crippen LogP contribution >= 0.6 is 0 Å². The lowest BCUT2D eigenvalue weighted by atomic mass is 9.74. The van der Waals surface area contributed by atoms with Gasteiger partial charge in [0.1, 0.15) is 43.7 Å². The van der Waals surface area contributed by atoms with Gasteiger partial charge in [-0.2, -0.15) is 0 Å². The number of carbonyl (C=O) groups excluding carboxylic acids is 4. The molecule has 2 N–H and O–H groups in total. The lowest BCUT2D eigenvalue weighted by Gasteiger charge is -2.45. The molecule has 21 nitrogen and oxygen atoms in total. The number of nitrogens with zero attached hydrogens (tertiary/aromatic N) is 3. The van der Waals surface area contributed by atoms with Crippen LogP contribution in [0.15, 0.2) is 5.16 Å². The number of oxime groups is 1. The fraction of sp³-hybridized carbons (Fsp3) is 0.906. The Labute approximate surface area is 440 Å². The highest BCUT2D eigenvalue weighted by molar-refractivity contribution is 5.91. The Kier molecular flexibility index (Phi) is 24.0. The molecule has 21 heteroatoms. The molecule has 22 atom stereocenters. The first kappa shape index (κ1) is 63.4. The van der Waals surface area contributed by atoms with Crippen LogP contribution in [0.1, 0.15) is 116 Å². The van der Waals surface area contributed by atoms with E-state index >= 15 is 9.59 Å². The number of Topliss-reactive ketones (excluding diaryl/α,β-unsaturated/α-hetero) is 1. The smallest absolute Gasteiger partial charge is 0.410 e. The van der Waals surface area contributed by atoms with Gasteiger partial charge in [0.05, 0.1) is 54.7 Å². The summed E-state index contributed by atoms with van der Waals surface area (Å²) in [6.45, 7) is 23.9. The zero-order chi connectivity index (χ0) is 55.7. The van der Waals surface area contributed by atoms with Crippen molar-refractivity contribution in [2.45, 2.75) is 213 Å². The second kappa shape index (κ2) is 28.0. The van der Waals surface area contributed by atoms with E-state index < -0.39 is 145 Å². The van der Waals surface area contributed by atoms with E-state index in [1.165, 1.54) is 47.2 Å². The Balaban J connectivity index is 1.97. The van der Waals surface area contributed by atoms with Gasteiger partial charge in [0.25, 0.3) is 0 Å². The Morgan fingerprint density at radius 1 is 0.824 bits per heavy atom. The van der Waals surface area contributed by atoms with Crippen LogP contribution in [0.3, 0.4) is 0 Å². The maximum absolute atomic E-state index is 15.6. The largest absolute Gasteiger partial charge is 0.461 e. The van der Waals surface area contributed by atoms with Gasteiger partial charge in [0, 0.05) is 77.9 Å². The minimum atomic E-state index is -1.90. The zero-order valence-corrected chi connectivity index (χ0v) is 47.7. The number of methoxy groups -OCH3 is 2. The first-order valence-corrected chi connectivity index (χ1v) is 26.5. The second-order valence-corrected chi connectivity index (χ2v) is 22.5. The molecule has 428 valence electrons. The SMILES string of the molecule is CON=C1C[C@@H](C)O[C@@H](O[C@@H]2[C@@H](C)[C@H](O[C@H]3C[C@@H](C)N(C)C[C@H](C)O3)[C@@H](C)C(=O)O[C@H]([C@@H](C)CO[C@@H]3O[C@H](C)[C@@H](O)[C@@H](OC)[C@H]3OC)[C@H](C)[C@@H](OC(=O)CC(C)C)[C@@H](C)C(=O)[C@@](C)(OC(=O)N(C)C)C[C@@H]2C)[C@@H]1O. The number of cyclic esters (lactones) is 1. The Bertz CT molecular complexity index is 1840. The molecule has 74 heavy (non-hydrogen) atoms. The molecule has 0 aromatic rings. The summed E-state index contributed by atoms with van der Waals surface area (Å²) in [6.07, 6.45) is -13.1. The van der Waals surface area contributed by atoms with Gasteiger partial charge in [0.2, 0.25) is 0 Å². The molecule has 0 aromatic heterocycles. The summed E-state index contributed by atoms with van der Waals surface area (Å²) in [5.74, 6) is -7.19. The second-order valence-electron chi connectivity index (χ2n) is 22.5. The molecule has 0 saturated carbocycles. The molecule has 4 aliphatic heterocycles. The first-order valence-electron chi connectivity index (χ1n) is 26.5. The molecule has 0 unspecified atom stereocenters. The molecular weight excluding hydrogens is 967 g/mol. The van der Waals surface area contributed by atoms with Crippen molar-refractivity contribution in [1.82, 2.24) is 9.80 Å². The van der Waals surface area contributed by atoms with Crippen LogP contribution in [-0.4, -0.2) is 203 Å². The fourth-order valence-electron chi connectivity index (χ4n) is 11.0. The van der Waals surface area contributed by atoms with E-state index in [2.05, 4.69) is 17.0 Å². The van der Waals surface area contributed by atoms with Gasteiger partial charge in [-0.15, -0.1) is 0 Å². The van der Waals surface area contributed by atoms with E-state index in [4.69, 9.17) is 56.9 Å². The molecule has 4 saturated heterocycles. The number of ether oxygens (including phenoxy) is 11. The van der Waals surface area contributed by atoms with Crippen LogP contribution in [0.5, 0.6) is 0 Å². The molecule has 4 aliphatic rings. The fourth-order valence-corrected chi connectivity index (χ4v) is 11.0. The normalized spacial score (nSPS) is 41.4. The molecule has 0 aliphatic carbocycles. The minimum Gasteiger partial charge on any atom is -0.461 e. The van der Waals surface area contributed by atoms with Crippen LogP contribution in [0, 0.1) is 41.4 Å². The van der Waals surface area contributed by atoms with Crippen molar-refractivity contribution < 1.29 is 86.3 Å². The van der Waals surface area contributed by atoms with E-state index in [0.717, 1.165) is 0 Å². The van der Waals surface area contributed by atoms with E-state index in [1.54, 1.807) is 34.6 Å². The number of hydrogen-bond acceptors (Lipinski definition) is 20. The van der Waals surface area contributed by atoms with Gasteiger partial charge >= 0.3 is 18.0 Å². The summed E-state index contributed by atoms with van der Waals surface area (Å²) >= 11 is 0. The topological polar surface area (TPSA) is 238 Å². The molecule has 0 spiro atoms. The average molecular weight is 1060 g/mol. The third-order valence-electron chi connectivity index (χ3n) is 15.3. The van der Waals surface area contributed by atoms with Crippen LogP contribution in [0.25, 0.3) is 0 Å². The Morgan fingerprint density at radius 3 is 2.07 bits per heavy atom. The Morgan fingerprint density at radius 2 is 1.47 bits per heavy atom. The van der Waals surface area contributed by atoms with Gasteiger partial charge in [-0.25, -0.2) is 4.79 Å². The number of ketones is 1. The standard InChI is InChI=1S/C53H93N3O18/c1-26(2)20-38(57)70-44-33(9)43(28(4)25-66-51-47(64-18)46(63-17)40(58)36(12)69-51)72-49(61)35(11)45(71-39-21-29(5)56(16)24-31(7)67-39)32(8)42(73-50-41(59)37(54-65-19)22-30(6)68-50)27(3)23-53(13,48(60)34(44)10)74-52(62)55(14)15/h26-36,39-47,50-51,58-59H,20-25H2,1-19H3/t27-,28-,29+,30+,31-,32+,33-,34+,35+,36+,39-,40+,41+,42-,43+,44+,45-,46+,47+,50-,51+,53-/m0/s1. The van der Waals surface area contributed by atoms with E-state index in [1.807, 2.05) is 48.6 Å². The molecule has 4 fully saturated rings. The quantitative estimate of drug-likeness (QED) is 0.125. The molecule has 1 amide bonds. The number of aliphatic hydroxyl groups excluding tert-OH is 2. The highest BCUT2D eigenvalue weighted by Crippen LogP contribution is 2.40. The summed E-state index contributed by atoms with van der Waals surface area (Å²) in [4.78, 5) is 67.0. The molecule has 0 bridgehead atoms. The molecule has 0 radical (unpaired) electrons. The van der Waals surface area contributed by atoms with Crippen LogP contribution in [0.4, 0.5) is 4.79 Å². The van der Waals surface area contributed by atoms with Crippen molar-refractivity contribution in [2.75, 3.05) is 55.6 Å². The third-order valence-corrected chi connectivity index (χ3v) is 15.3. The monoisotopic (exact) mass is 1060 g/mol. The maximum atomic E-state index is 15.6. The van der Waals surface area contributed by atoms with Gasteiger partial charge in [-0.3, -0.25) is 14.4 Å². The predicted molar refractivity (Wildman–Crippen MR) is 270 cm³/mol. The summed E-state index contributed by atoms with van der Waals surface area (Å²) in [7, 11) is 9.32. The average Bonchev–Trinajstić information content (AvgIpc) is 3.44. The molecule has 4 heterocycles. The Hall–Kier alpha value is -3.09. The highest BCUT2D eigenvalue weighted by atomic mass is 16.7. The summed E-state index contributed by atoms with van der Waals surface area (Å²) in [5.41, 5.74) is -1.60. The van der Waals surface area contributed by atoms with Crippen LogP contribution in [0.2, 0.25) is 0 Å². The summed E-state index contributed by atoms with van der Waals surface area (Å²) < 4.78 is 69.9. The highest BCUT2D eigenvalue weighted by Gasteiger charge is 2.53. The van der Waals surface area contributed by atoms with E-state index in [-0.39, 0.29) is 43.9 Å². The lowest BCUT2D eigenvalue weighted by Crippen LogP contribution is -2.59. The van der Waals surface area contributed by atoms with Gasteiger partial charge in [-0.05, 0) is 66.8 Å². The number of carbonyl (C=O) groups is 4. The van der Waals surface area contributed by atoms with Gasteiger partial charge in [-0.1, -0.05) is 53.6 Å². The third kappa shape index (κ3) is 16.0. The number of rotatable bonds is 15. The first-order chi connectivity index (χ1) is 34.6. The molecule has 4 rings (SSSR count). The van der Waals surface area contributed by atoms with Crippen molar-refractivity contribution in [3.8, 4) is 0 Å². The number of esters is 2. The van der Waals surface area contributed by atoms with Gasteiger partial charge in [0.15, 0.2) is 30.3 Å². The van der Waals surface area contributed by atoms with Crippen LogP contribution < -0.4 is 0 Å².